The summed E-state index contributed by atoms with van der Waals surface area (Å²) in [6.45, 7) is 7.25. The number of morpholine rings is 1. The van der Waals surface area contributed by atoms with Gasteiger partial charge in [-0.05, 0) is 38.5 Å². The maximum atomic E-state index is 13.9. The maximum Gasteiger partial charge on any atom is 0.165 e. The molecule has 1 aromatic rings. The first-order chi connectivity index (χ1) is 8.58. The van der Waals surface area contributed by atoms with Crippen molar-refractivity contribution >= 4 is 0 Å². The predicted molar refractivity (Wildman–Crippen MR) is 68.3 cm³/mol. The summed E-state index contributed by atoms with van der Waals surface area (Å²) < 4.78 is 24.8. The van der Waals surface area contributed by atoms with Crippen molar-refractivity contribution in [3.05, 3.63) is 29.6 Å². The summed E-state index contributed by atoms with van der Waals surface area (Å²) in [6.07, 6.45) is 0.0235. The van der Waals surface area contributed by atoms with Crippen LogP contribution in [0.1, 0.15) is 32.4 Å². The molecule has 1 aliphatic rings. The molecule has 1 aromatic carbocycles. The van der Waals surface area contributed by atoms with E-state index in [1.165, 1.54) is 6.07 Å². The fraction of sp³-hybridized carbons (Fsp3) is 0.571. The van der Waals surface area contributed by atoms with Crippen LogP contribution < -0.4 is 10.1 Å². The third-order valence-corrected chi connectivity index (χ3v) is 2.99. The fourth-order valence-electron chi connectivity index (χ4n) is 2.17. The molecular formula is C14H20FNO2. The van der Waals surface area contributed by atoms with Crippen molar-refractivity contribution in [2.45, 2.75) is 39.0 Å². The molecule has 2 rings (SSSR count). The standard InChI is InChI=1S/C14H20FNO2/c1-9(2)18-13-5-4-11(8-12(13)15)14-10(3)17-7-6-16-14/h4-5,8-10,14,16H,6-7H2,1-3H3. The van der Waals surface area contributed by atoms with Gasteiger partial charge in [0.25, 0.3) is 0 Å². The quantitative estimate of drug-likeness (QED) is 0.898. The van der Waals surface area contributed by atoms with Crippen molar-refractivity contribution in [1.82, 2.24) is 5.32 Å². The van der Waals surface area contributed by atoms with Crippen LogP contribution in [0.3, 0.4) is 0 Å². The summed E-state index contributed by atoms with van der Waals surface area (Å²) in [4.78, 5) is 0. The SMILES string of the molecule is CC(C)Oc1ccc(C2NCCOC2C)cc1F. The van der Waals surface area contributed by atoms with E-state index in [2.05, 4.69) is 5.32 Å². The van der Waals surface area contributed by atoms with E-state index in [1.807, 2.05) is 26.8 Å². The smallest absolute Gasteiger partial charge is 0.165 e. The molecule has 0 radical (unpaired) electrons. The Hall–Kier alpha value is -1.13. The lowest BCUT2D eigenvalue weighted by atomic mass is 10.0. The second-order valence-corrected chi connectivity index (χ2v) is 4.86. The minimum atomic E-state index is -0.319. The predicted octanol–water partition coefficient (Wildman–Crippen LogP) is 2.66. The number of rotatable bonds is 3. The van der Waals surface area contributed by atoms with Crippen molar-refractivity contribution in [2.24, 2.45) is 0 Å². The van der Waals surface area contributed by atoms with Gasteiger partial charge in [-0.3, -0.25) is 0 Å². The van der Waals surface area contributed by atoms with E-state index in [0.717, 1.165) is 12.1 Å². The van der Waals surface area contributed by atoms with Crippen molar-refractivity contribution in [3.8, 4) is 5.75 Å². The minimum Gasteiger partial charge on any atom is -0.488 e. The van der Waals surface area contributed by atoms with Crippen LogP contribution in [0, 0.1) is 5.82 Å². The second-order valence-electron chi connectivity index (χ2n) is 4.86. The number of ether oxygens (including phenoxy) is 2. The monoisotopic (exact) mass is 253 g/mol. The Labute approximate surface area is 107 Å². The first kappa shape index (κ1) is 13.3. The summed E-state index contributed by atoms with van der Waals surface area (Å²) in [7, 11) is 0. The highest BCUT2D eigenvalue weighted by molar-refractivity contribution is 5.32. The Balaban J connectivity index is 2.17. The molecule has 0 spiro atoms. The highest BCUT2D eigenvalue weighted by atomic mass is 19.1. The zero-order chi connectivity index (χ0) is 13.1. The molecule has 1 fully saturated rings. The highest BCUT2D eigenvalue weighted by Gasteiger charge is 2.24. The van der Waals surface area contributed by atoms with Gasteiger partial charge in [0.1, 0.15) is 0 Å². The van der Waals surface area contributed by atoms with Crippen LogP contribution in [0.4, 0.5) is 4.39 Å². The van der Waals surface area contributed by atoms with Gasteiger partial charge < -0.3 is 14.8 Å². The normalized spacial score (nSPS) is 24.3. The van der Waals surface area contributed by atoms with E-state index in [-0.39, 0.29) is 24.1 Å². The molecule has 0 amide bonds. The van der Waals surface area contributed by atoms with Gasteiger partial charge in [-0.25, -0.2) is 4.39 Å². The van der Waals surface area contributed by atoms with E-state index < -0.39 is 0 Å². The summed E-state index contributed by atoms with van der Waals surface area (Å²) in [5, 5.41) is 3.34. The van der Waals surface area contributed by atoms with Crippen molar-refractivity contribution < 1.29 is 13.9 Å². The lowest BCUT2D eigenvalue weighted by Gasteiger charge is -2.30. The second kappa shape index (κ2) is 5.67. The largest absolute Gasteiger partial charge is 0.488 e. The summed E-state index contributed by atoms with van der Waals surface area (Å²) >= 11 is 0. The topological polar surface area (TPSA) is 30.5 Å². The van der Waals surface area contributed by atoms with Crippen molar-refractivity contribution in [2.75, 3.05) is 13.2 Å². The molecule has 0 aromatic heterocycles. The molecule has 0 saturated carbocycles. The van der Waals surface area contributed by atoms with E-state index in [4.69, 9.17) is 9.47 Å². The molecule has 3 nitrogen and oxygen atoms in total. The Morgan fingerprint density at radius 3 is 2.83 bits per heavy atom. The minimum absolute atomic E-state index is 0.0274. The Morgan fingerprint density at radius 2 is 2.22 bits per heavy atom. The Morgan fingerprint density at radius 1 is 1.44 bits per heavy atom. The molecule has 0 bridgehead atoms. The molecule has 4 heteroatoms. The average Bonchev–Trinajstić information content (AvgIpc) is 2.32. The molecule has 2 atom stereocenters. The third kappa shape index (κ3) is 3.00. The van der Waals surface area contributed by atoms with Crippen LogP contribution in [0.2, 0.25) is 0 Å². The summed E-state index contributed by atoms with van der Waals surface area (Å²) in [6, 6.07) is 5.15. The number of nitrogens with one attached hydrogen (secondary N) is 1. The van der Waals surface area contributed by atoms with E-state index in [9.17, 15) is 4.39 Å². The van der Waals surface area contributed by atoms with Crippen molar-refractivity contribution in [1.29, 1.82) is 0 Å². The number of halogens is 1. The zero-order valence-corrected chi connectivity index (χ0v) is 11.1. The lowest BCUT2D eigenvalue weighted by molar-refractivity contribution is 0.00746. The van der Waals surface area contributed by atoms with Crippen LogP contribution in [0.25, 0.3) is 0 Å². The van der Waals surface area contributed by atoms with Gasteiger partial charge >= 0.3 is 0 Å². The number of hydrogen-bond acceptors (Lipinski definition) is 3. The molecule has 100 valence electrons. The van der Waals surface area contributed by atoms with Crippen LogP contribution in [0.15, 0.2) is 18.2 Å². The van der Waals surface area contributed by atoms with Gasteiger partial charge in [0, 0.05) is 6.54 Å². The van der Waals surface area contributed by atoms with Gasteiger partial charge in [0.15, 0.2) is 11.6 Å². The Bertz CT molecular complexity index is 409. The molecule has 1 aliphatic heterocycles. The summed E-state index contributed by atoms with van der Waals surface area (Å²) in [5.74, 6) is -0.0149. The van der Waals surface area contributed by atoms with Gasteiger partial charge in [-0.1, -0.05) is 6.07 Å². The molecule has 1 N–H and O–H groups in total. The number of hydrogen-bond donors (Lipinski definition) is 1. The molecule has 1 heterocycles. The van der Waals surface area contributed by atoms with E-state index in [1.54, 1.807) is 6.07 Å². The highest BCUT2D eigenvalue weighted by Crippen LogP contribution is 2.26. The zero-order valence-electron chi connectivity index (χ0n) is 11.1. The third-order valence-electron chi connectivity index (χ3n) is 2.99. The van der Waals surface area contributed by atoms with Crippen LogP contribution in [-0.4, -0.2) is 25.4 Å². The van der Waals surface area contributed by atoms with E-state index in [0.29, 0.717) is 12.4 Å². The van der Waals surface area contributed by atoms with Gasteiger partial charge in [-0.2, -0.15) is 0 Å². The summed E-state index contributed by atoms with van der Waals surface area (Å²) in [5.41, 5.74) is 0.899. The molecule has 18 heavy (non-hydrogen) atoms. The van der Waals surface area contributed by atoms with Crippen LogP contribution in [0.5, 0.6) is 5.75 Å². The fourth-order valence-corrected chi connectivity index (χ4v) is 2.17. The Kier molecular flexibility index (Phi) is 4.19. The maximum absolute atomic E-state index is 13.9. The average molecular weight is 253 g/mol. The van der Waals surface area contributed by atoms with Gasteiger partial charge in [-0.15, -0.1) is 0 Å². The van der Waals surface area contributed by atoms with Crippen molar-refractivity contribution in [3.63, 3.8) is 0 Å². The first-order valence-electron chi connectivity index (χ1n) is 6.39. The van der Waals surface area contributed by atoms with Gasteiger partial charge in [0.2, 0.25) is 0 Å². The number of benzene rings is 1. The first-order valence-corrected chi connectivity index (χ1v) is 6.39. The lowest BCUT2D eigenvalue weighted by Crippen LogP contribution is -2.40. The molecule has 1 saturated heterocycles. The van der Waals surface area contributed by atoms with E-state index >= 15 is 0 Å². The molecule has 0 aliphatic carbocycles. The molecular weight excluding hydrogens is 233 g/mol. The molecule has 2 unspecified atom stereocenters. The van der Waals surface area contributed by atoms with Gasteiger partial charge in [0.05, 0.1) is 24.9 Å². The van der Waals surface area contributed by atoms with Crippen LogP contribution >= 0.6 is 0 Å². The van der Waals surface area contributed by atoms with Crippen LogP contribution in [-0.2, 0) is 4.74 Å².